The van der Waals surface area contributed by atoms with Crippen molar-refractivity contribution >= 4 is 18.0 Å². The molecule has 1 atom stereocenters. The van der Waals surface area contributed by atoms with Crippen LogP contribution < -0.4 is 5.32 Å². The molecule has 3 aliphatic rings. The number of piperidine rings is 1. The molecule has 0 aromatic rings. The van der Waals surface area contributed by atoms with Crippen LogP contribution >= 0.6 is 0 Å². The van der Waals surface area contributed by atoms with Gasteiger partial charge in [-0.15, -0.1) is 0 Å². The van der Waals surface area contributed by atoms with Crippen molar-refractivity contribution in [2.75, 3.05) is 32.7 Å². The minimum atomic E-state index is -0.922. The molecule has 1 unspecified atom stereocenters. The Hall–Kier alpha value is -1.83. The molecule has 0 spiro atoms. The molecule has 3 rings (SSSR count). The van der Waals surface area contributed by atoms with Gasteiger partial charge in [-0.1, -0.05) is 0 Å². The normalized spacial score (nSPS) is 26.5. The average Bonchev–Trinajstić information content (AvgIpc) is 3.42. The Kier molecular flexibility index (Phi) is 5.38. The summed E-state index contributed by atoms with van der Waals surface area (Å²) in [5.41, 5.74) is -2.33. The second-order valence-electron chi connectivity index (χ2n) is 9.49. The molecule has 2 N–H and O–H groups in total. The van der Waals surface area contributed by atoms with E-state index in [1.54, 1.807) is 9.80 Å². The van der Waals surface area contributed by atoms with E-state index in [4.69, 9.17) is 4.74 Å². The number of ether oxygens (including phenoxy) is 1. The maximum absolute atomic E-state index is 13.7. The Labute approximate surface area is 166 Å². The highest BCUT2D eigenvalue weighted by atomic mass is 16.6. The molecule has 28 heavy (non-hydrogen) atoms. The van der Waals surface area contributed by atoms with E-state index < -0.39 is 22.4 Å². The number of carboxylic acids is 1. The van der Waals surface area contributed by atoms with Crippen LogP contribution in [-0.4, -0.2) is 77.2 Å². The minimum absolute atomic E-state index is 0.0507. The van der Waals surface area contributed by atoms with Gasteiger partial charge in [-0.05, 0) is 66.5 Å². The van der Waals surface area contributed by atoms with Crippen molar-refractivity contribution in [2.45, 2.75) is 65.0 Å². The van der Waals surface area contributed by atoms with E-state index in [2.05, 4.69) is 5.32 Å². The summed E-state index contributed by atoms with van der Waals surface area (Å²) >= 11 is 0. The number of nitrogens with zero attached hydrogens (tertiary/aromatic N) is 2. The van der Waals surface area contributed by atoms with E-state index in [0.29, 0.717) is 58.4 Å². The minimum Gasteiger partial charge on any atom is -0.481 e. The summed E-state index contributed by atoms with van der Waals surface area (Å²) in [7, 11) is 0. The molecule has 1 aliphatic carbocycles. The first kappa shape index (κ1) is 20.9. The van der Waals surface area contributed by atoms with Crippen LogP contribution in [0.1, 0.15) is 53.4 Å². The number of carbonyl (C=O) groups is 3. The molecule has 158 valence electrons. The smallest absolute Gasteiger partial charge is 0.410 e. The van der Waals surface area contributed by atoms with E-state index >= 15 is 0 Å². The molecule has 3 fully saturated rings. The number of carboxylic acid groups (broad SMARTS) is 1. The third-order valence-electron chi connectivity index (χ3n) is 6.48. The first-order valence-corrected chi connectivity index (χ1v) is 10.3. The summed E-state index contributed by atoms with van der Waals surface area (Å²) in [6.07, 6.45) is 1.88. The number of piperazine rings is 1. The highest BCUT2D eigenvalue weighted by Crippen LogP contribution is 2.63. The fourth-order valence-electron chi connectivity index (χ4n) is 4.80. The Morgan fingerprint density at radius 2 is 1.64 bits per heavy atom. The molecule has 1 saturated carbocycles. The van der Waals surface area contributed by atoms with Crippen molar-refractivity contribution in [1.82, 2.24) is 15.1 Å². The predicted molar refractivity (Wildman–Crippen MR) is 103 cm³/mol. The zero-order valence-corrected chi connectivity index (χ0v) is 17.4. The number of amides is 2. The van der Waals surface area contributed by atoms with Crippen molar-refractivity contribution in [3.05, 3.63) is 0 Å². The summed E-state index contributed by atoms with van der Waals surface area (Å²) in [4.78, 5) is 41.6. The summed E-state index contributed by atoms with van der Waals surface area (Å²) in [6.45, 7) is 9.93. The summed E-state index contributed by atoms with van der Waals surface area (Å²) in [5.74, 6) is -0.895. The van der Waals surface area contributed by atoms with Crippen LogP contribution in [0.4, 0.5) is 4.79 Å². The molecule has 0 aromatic carbocycles. The Morgan fingerprint density at radius 3 is 2.11 bits per heavy atom. The number of hydrogen-bond donors (Lipinski definition) is 2. The van der Waals surface area contributed by atoms with Crippen LogP contribution in [-0.2, 0) is 14.3 Å². The lowest BCUT2D eigenvalue weighted by Crippen LogP contribution is -2.62. The Bertz CT molecular complexity index is 647. The first-order valence-electron chi connectivity index (χ1n) is 10.3. The zero-order chi connectivity index (χ0) is 20.7. The monoisotopic (exact) mass is 395 g/mol. The SMILES string of the molecule is CC1CN(C(=O)OC(C)(C)C)CCN1C(=O)C1(C2(C(=O)O)CC2)CCNCC1. The van der Waals surface area contributed by atoms with Gasteiger partial charge in [0.1, 0.15) is 5.60 Å². The maximum atomic E-state index is 13.7. The summed E-state index contributed by atoms with van der Waals surface area (Å²) in [6, 6.07) is -0.176. The molecule has 2 amide bonds. The highest BCUT2D eigenvalue weighted by molar-refractivity contribution is 5.93. The average molecular weight is 396 g/mol. The third kappa shape index (κ3) is 3.58. The summed E-state index contributed by atoms with van der Waals surface area (Å²) in [5, 5.41) is 13.2. The van der Waals surface area contributed by atoms with Gasteiger partial charge in [0.15, 0.2) is 0 Å². The Balaban J connectivity index is 1.75. The lowest BCUT2D eigenvalue weighted by molar-refractivity contribution is -0.166. The third-order valence-corrected chi connectivity index (χ3v) is 6.48. The highest BCUT2D eigenvalue weighted by Gasteiger charge is 2.68. The quantitative estimate of drug-likeness (QED) is 0.754. The van der Waals surface area contributed by atoms with Crippen LogP contribution in [0.3, 0.4) is 0 Å². The van der Waals surface area contributed by atoms with Gasteiger partial charge in [0.25, 0.3) is 0 Å². The van der Waals surface area contributed by atoms with Crippen molar-refractivity contribution < 1.29 is 24.2 Å². The second-order valence-corrected chi connectivity index (χ2v) is 9.49. The second kappa shape index (κ2) is 7.21. The van der Waals surface area contributed by atoms with Gasteiger partial charge in [0.05, 0.1) is 10.8 Å². The number of carbonyl (C=O) groups excluding carboxylic acids is 2. The molecule has 0 radical (unpaired) electrons. The number of hydrogen-bond acceptors (Lipinski definition) is 5. The van der Waals surface area contributed by atoms with E-state index in [1.165, 1.54) is 0 Å². The van der Waals surface area contributed by atoms with Crippen LogP contribution in [0, 0.1) is 10.8 Å². The molecule has 2 saturated heterocycles. The van der Waals surface area contributed by atoms with E-state index in [9.17, 15) is 19.5 Å². The van der Waals surface area contributed by atoms with Gasteiger partial charge >= 0.3 is 12.1 Å². The fourth-order valence-corrected chi connectivity index (χ4v) is 4.80. The van der Waals surface area contributed by atoms with Crippen LogP contribution in [0.2, 0.25) is 0 Å². The van der Waals surface area contributed by atoms with Crippen molar-refractivity contribution in [1.29, 1.82) is 0 Å². The fraction of sp³-hybridized carbons (Fsp3) is 0.850. The van der Waals surface area contributed by atoms with Gasteiger partial charge in [-0.2, -0.15) is 0 Å². The molecular formula is C20H33N3O5. The van der Waals surface area contributed by atoms with Crippen molar-refractivity contribution in [3.63, 3.8) is 0 Å². The van der Waals surface area contributed by atoms with E-state index in [-0.39, 0.29) is 18.0 Å². The largest absolute Gasteiger partial charge is 0.481 e. The van der Waals surface area contributed by atoms with Gasteiger partial charge in [-0.3, -0.25) is 9.59 Å². The molecule has 8 heteroatoms. The van der Waals surface area contributed by atoms with Crippen LogP contribution in [0.25, 0.3) is 0 Å². The predicted octanol–water partition coefficient (Wildman–Crippen LogP) is 1.69. The van der Waals surface area contributed by atoms with Crippen LogP contribution in [0.15, 0.2) is 0 Å². The molecule has 0 bridgehead atoms. The van der Waals surface area contributed by atoms with Crippen molar-refractivity contribution in [2.24, 2.45) is 10.8 Å². The molecular weight excluding hydrogens is 362 g/mol. The maximum Gasteiger partial charge on any atom is 0.410 e. The van der Waals surface area contributed by atoms with Gasteiger partial charge in [0.2, 0.25) is 5.91 Å². The topological polar surface area (TPSA) is 99.2 Å². The standard InChI is InChI=1S/C20H33N3O5/c1-14-13-22(17(27)28-18(2,3)4)11-12-23(14)15(24)19(7-9-21-10-8-19)20(5-6-20)16(25)26/h14,21H,5-13H2,1-4H3,(H,25,26). The molecule has 0 aromatic heterocycles. The Morgan fingerprint density at radius 1 is 1.04 bits per heavy atom. The van der Waals surface area contributed by atoms with E-state index in [1.807, 2.05) is 27.7 Å². The number of rotatable bonds is 3. The first-order chi connectivity index (χ1) is 13.0. The molecule has 2 heterocycles. The number of nitrogens with one attached hydrogen (secondary N) is 1. The van der Waals surface area contributed by atoms with Gasteiger partial charge in [0, 0.05) is 25.7 Å². The molecule has 8 nitrogen and oxygen atoms in total. The lowest BCUT2D eigenvalue weighted by Gasteiger charge is -2.48. The lowest BCUT2D eigenvalue weighted by atomic mass is 9.65. The van der Waals surface area contributed by atoms with E-state index in [0.717, 1.165) is 0 Å². The van der Waals surface area contributed by atoms with Crippen molar-refractivity contribution in [3.8, 4) is 0 Å². The van der Waals surface area contributed by atoms with Gasteiger partial charge < -0.3 is 25.0 Å². The molecule has 2 aliphatic heterocycles. The zero-order valence-electron chi connectivity index (χ0n) is 17.4. The van der Waals surface area contributed by atoms with Gasteiger partial charge in [-0.25, -0.2) is 4.79 Å². The number of aliphatic carboxylic acids is 1. The summed E-state index contributed by atoms with van der Waals surface area (Å²) < 4.78 is 5.45. The van der Waals surface area contributed by atoms with Crippen LogP contribution in [0.5, 0.6) is 0 Å².